The third-order valence-electron chi connectivity index (χ3n) is 3.24. The van der Waals surface area contributed by atoms with Gasteiger partial charge in [-0.1, -0.05) is 20.8 Å². The molecule has 1 aliphatic rings. The maximum absolute atomic E-state index is 11.9. The first kappa shape index (κ1) is 13.5. The van der Waals surface area contributed by atoms with E-state index in [9.17, 15) is 4.79 Å². The number of rotatable bonds is 5. The number of amides is 1. The molecule has 1 saturated heterocycles. The van der Waals surface area contributed by atoms with Gasteiger partial charge in [-0.25, -0.2) is 0 Å². The highest BCUT2D eigenvalue weighted by Crippen LogP contribution is 2.19. The minimum absolute atomic E-state index is 0.0245. The van der Waals surface area contributed by atoms with Crippen molar-refractivity contribution in [2.45, 2.75) is 58.3 Å². The van der Waals surface area contributed by atoms with Crippen LogP contribution in [0, 0.1) is 5.92 Å². The van der Waals surface area contributed by atoms with Gasteiger partial charge in [-0.15, -0.1) is 0 Å². The van der Waals surface area contributed by atoms with Gasteiger partial charge >= 0.3 is 0 Å². The van der Waals surface area contributed by atoms with E-state index in [1.807, 2.05) is 0 Å². The molecule has 16 heavy (non-hydrogen) atoms. The van der Waals surface area contributed by atoms with E-state index in [0.717, 1.165) is 19.3 Å². The van der Waals surface area contributed by atoms with Crippen molar-refractivity contribution in [3.63, 3.8) is 0 Å². The highest BCUT2D eigenvalue weighted by atomic mass is 16.5. The first-order valence-electron chi connectivity index (χ1n) is 6.24. The summed E-state index contributed by atoms with van der Waals surface area (Å²) in [6, 6.07) is 0.244. The van der Waals surface area contributed by atoms with Crippen LogP contribution in [-0.2, 0) is 9.53 Å². The van der Waals surface area contributed by atoms with Crippen molar-refractivity contribution in [3.8, 4) is 0 Å². The zero-order valence-corrected chi connectivity index (χ0v) is 10.5. The van der Waals surface area contributed by atoms with Crippen LogP contribution in [0.15, 0.2) is 0 Å². The number of nitrogens with two attached hydrogens (primary N) is 1. The van der Waals surface area contributed by atoms with Gasteiger partial charge in [-0.2, -0.15) is 0 Å². The van der Waals surface area contributed by atoms with Gasteiger partial charge in [0.25, 0.3) is 0 Å². The van der Waals surface area contributed by atoms with Gasteiger partial charge in [-0.3, -0.25) is 4.79 Å². The van der Waals surface area contributed by atoms with Gasteiger partial charge < -0.3 is 15.8 Å². The molecule has 0 bridgehead atoms. The van der Waals surface area contributed by atoms with Crippen LogP contribution in [0.5, 0.6) is 0 Å². The fourth-order valence-electron chi connectivity index (χ4n) is 2.09. The highest BCUT2D eigenvalue weighted by Gasteiger charge is 2.30. The summed E-state index contributed by atoms with van der Waals surface area (Å²) in [5, 5.41) is 3.05. The lowest BCUT2D eigenvalue weighted by atomic mass is 10.0. The monoisotopic (exact) mass is 228 g/mol. The molecular weight excluding hydrogens is 204 g/mol. The molecule has 1 heterocycles. The molecule has 0 aromatic carbocycles. The molecule has 4 nitrogen and oxygen atoms in total. The van der Waals surface area contributed by atoms with Crippen molar-refractivity contribution in [3.05, 3.63) is 0 Å². The minimum Gasteiger partial charge on any atom is -0.364 e. The van der Waals surface area contributed by atoms with Gasteiger partial charge in [-0.05, 0) is 25.2 Å². The number of ether oxygens (including phenoxy) is 1. The van der Waals surface area contributed by atoms with Crippen LogP contribution in [-0.4, -0.2) is 30.7 Å². The van der Waals surface area contributed by atoms with E-state index >= 15 is 0 Å². The second kappa shape index (κ2) is 6.21. The predicted molar refractivity (Wildman–Crippen MR) is 64.0 cm³/mol. The van der Waals surface area contributed by atoms with Crippen LogP contribution in [0.3, 0.4) is 0 Å². The summed E-state index contributed by atoms with van der Waals surface area (Å²) in [5.41, 5.74) is 5.52. The number of nitrogens with one attached hydrogen (secondary N) is 1. The Morgan fingerprint density at radius 1 is 1.50 bits per heavy atom. The Morgan fingerprint density at radius 2 is 2.19 bits per heavy atom. The molecule has 0 aromatic rings. The van der Waals surface area contributed by atoms with Gasteiger partial charge in [0, 0.05) is 12.6 Å². The van der Waals surface area contributed by atoms with Gasteiger partial charge in [0.1, 0.15) is 6.10 Å². The maximum atomic E-state index is 11.9. The van der Waals surface area contributed by atoms with Gasteiger partial charge in [0.2, 0.25) is 5.91 Å². The SMILES string of the molecule is CCC(NC(=O)C1CCC(CN)O1)C(C)C. The van der Waals surface area contributed by atoms with Crippen LogP contribution in [0.2, 0.25) is 0 Å². The molecule has 0 saturated carbocycles. The summed E-state index contributed by atoms with van der Waals surface area (Å²) in [7, 11) is 0. The molecule has 0 spiro atoms. The quantitative estimate of drug-likeness (QED) is 0.739. The topological polar surface area (TPSA) is 64.4 Å². The summed E-state index contributed by atoms with van der Waals surface area (Å²) in [6.45, 7) is 6.83. The minimum atomic E-state index is -0.290. The average molecular weight is 228 g/mol. The van der Waals surface area contributed by atoms with Crippen LogP contribution in [0.25, 0.3) is 0 Å². The standard InChI is InChI=1S/C12H24N2O2/c1-4-10(8(2)3)14-12(15)11-6-5-9(7-13)16-11/h8-11H,4-7,13H2,1-3H3,(H,14,15). The van der Waals surface area contributed by atoms with Crippen molar-refractivity contribution >= 4 is 5.91 Å². The molecule has 0 aromatic heterocycles. The summed E-state index contributed by atoms with van der Waals surface area (Å²) in [6.07, 6.45) is 2.42. The lowest BCUT2D eigenvalue weighted by molar-refractivity contribution is -0.132. The highest BCUT2D eigenvalue weighted by molar-refractivity contribution is 5.81. The summed E-state index contributed by atoms with van der Waals surface area (Å²) in [5.74, 6) is 0.483. The summed E-state index contributed by atoms with van der Waals surface area (Å²) in [4.78, 5) is 11.9. The lowest BCUT2D eigenvalue weighted by Crippen LogP contribution is -2.43. The molecule has 1 aliphatic heterocycles. The molecule has 4 heteroatoms. The molecule has 3 N–H and O–H groups in total. The Kier molecular flexibility index (Phi) is 5.22. The zero-order valence-electron chi connectivity index (χ0n) is 10.5. The Balaban J connectivity index is 2.40. The predicted octanol–water partition coefficient (Wildman–Crippen LogP) is 1.04. The second-order valence-corrected chi connectivity index (χ2v) is 4.83. The largest absolute Gasteiger partial charge is 0.364 e. The zero-order chi connectivity index (χ0) is 12.1. The fourth-order valence-corrected chi connectivity index (χ4v) is 2.09. The van der Waals surface area contributed by atoms with Crippen molar-refractivity contribution in [2.75, 3.05) is 6.54 Å². The Morgan fingerprint density at radius 3 is 2.62 bits per heavy atom. The van der Waals surface area contributed by atoms with E-state index < -0.39 is 0 Å². The molecule has 1 fully saturated rings. The van der Waals surface area contributed by atoms with E-state index in [1.165, 1.54) is 0 Å². The van der Waals surface area contributed by atoms with Crippen LogP contribution in [0.4, 0.5) is 0 Å². The Labute approximate surface area is 97.9 Å². The molecule has 0 aliphatic carbocycles. The van der Waals surface area contributed by atoms with Crippen LogP contribution >= 0.6 is 0 Å². The normalized spacial score (nSPS) is 27.1. The smallest absolute Gasteiger partial charge is 0.249 e. The number of hydrogen-bond donors (Lipinski definition) is 2. The Bertz CT molecular complexity index is 231. The average Bonchev–Trinajstić information content (AvgIpc) is 2.73. The van der Waals surface area contributed by atoms with Crippen LogP contribution in [0.1, 0.15) is 40.0 Å². The van der Waals surface area contributed by atoms with Crippen molar-refractivity contribution in [1.82, 2.24) is 5.32 Å². The Hall–Kier alpha value is -0.610. The fraction of sp³-hybridized carbons (Fsp3) is 0.917. The van der Waals surface area contributed by atoms with E-state index in [4.69, 9.17) is 10.5 Å². The molecule has 1 rings (SSSR count). The van der Waals surface area contributed by atoms with Crippen LogP contribution < -0.4 is 11.1 Å². The molecule has 0 radical (unpaired) electrons. The second-order valence-electron chi connectivity index (χ2n) is 4.83. The number of hydrogen-bond acceptors (Lipinski definition) is 3. The van der Waals surface area contributed by atoms with E-state index in [1.54, 1.807) is 0 Å². The molecule has 1 amide bonds. The number of carbonyl (C=O) groups excluding carboxylic acids is 1. The van der Waals surface area contributed by atoms with Crippen molar-refractivity contribution in [2.24, 2.45) is 11.7 Å². The first-order chi connectivity index (χ1) is 7.58. The van der Waals surface area contributed by atoms with Gasteiger partial charge in [0.15, 0.2) is 0 Å². The first-order valence-corrected chi connectivity index (χ1v) is 6.24. The molecule has 3 unspecified atom stereocenters. The van der Waals surface area contributed by atoms with E-state index in [0.29, 0.717) is 12.5 Å². The third-order valence-corrected chi connectivity index (χ3v) is 3.24. The van der Waals surface area contributed by atoms with E-state index in [-0.39, 0.29) is 24.2 Å². The third kappa shape index (κ3) is 3.46. The molecule has 94 valence electrons. The number of carbonyl (C=O) groups is 1. The maximum Gasteiger partial charge on any atom is 0.249 e. The van der Waals surface area contributed by atoms with E-state index in [2.05, 4.69) is 26.1 Å². The van der Waals surface area contributed by atoms with Gasteiger partial charge in [0.05, 0.1) is 6.10 Å². The molecular formula is C12H24N2O2. The molecule has 3 atom stereocenters. The summed E-state index contributed by atoms with van der Waals surface area (Å²) >= 11 is 0. The summed E-state index contributed by atoms with van der Waals surface area (Å²) < 4.78 is 5.56. The van der Waals surface area contributed by atoms with Crippen molar-refractivity contribution in [1.29, 1.82) is 0 Å². The lowest BCUT2D eigenvalue weighted by Gasteiger charge is -2.22. The van der Waals surface area contributed by atoms with Crippen molar-refractivity contribution < 1.29 is 9.53 Å².